The molecule has 1 aromatic rings. The third kappa shape index (κ3) is 5.10. The summed E-state index contributed by atoms with van der Waals surface area (Å²) in [7, 11) is 0. The Kier molecular flexibility index (Phi) is 9.33. The number of nitrogens with zero attached hydrogens (tertiary/aromatic N) is 3. The number of aliphatic hydroxyl groups excluding tert-OH is 1. The molecule has 7 nitrogen and oxygen atoms in total. The molecule has 3 aliphatic heterocycles. The zero-order valence-electron chi connectivity index (χ0n) is 23.0. The highest BCUT2D eigenvalue weighted by Gasteiger charge is 2.76. The Morgan fingerprint density at radius 1 is 1.21 bits per heavy atom. The van der Waals surface area contributed by atoms with E-state index in [-0.39, 0.29) is 40.4 Å². The summed E-state index contributed by atoms with van der Waals surface area (Å²) >= 11 is 5.47. The van der Waals surface area contributed by atoms with Gasteiger partial charge in [-0.15, -0.1) is 24.9 Å². The molecule has 0 aliphatic carbocycles. The summed E-state index contributed by atoms with van der Waals surface area (Å²) in [6.07, 6.45) is 4.54. The molecule has 9 heteroatoms. The van der Waals surface area contributed by atoms with Crippen LogP contribution in [0.1, 0.15) is 39.2 Å². The summed E-state index contributed by atoms with van der Waals surface area (Å²) in [6.45, 7) is 14.4. The SMILES string of the molecule is C=CCN(Cc1ccccc1)C(=O)[C@H]1[C@H]2C(=O)N([C@@H](CC)CO)C(C(=O)N(CC=C)C(C)C)C23CC(Br)[C@@H]1S3. The van der Waals surface area contributed by atoms with Gasteiger partial charge in [0.25, 0.3) is 0 Å². The number of amides is 3. The van der Waals surface area contributed by atoms with E-state index in [4.69, 9.17) is 0 Å². The fourth-order valence-corrected chi connectivity index (χ4v) is 10.3. The summed E-state index contributed by atoms with van der Waals surface area (Å²) in [5.74, 6) is -1.63. The van der Waals surface area contributed by atoms with Crippen LogP contribution in [0.3, 0.4) is 0 Å². The number of carbonyl (C=O) groups excluding carboxylic acids is 3. The summed E-state index contributed by atoms with van der Waals surface area (Å²) in [5.41, 5.74) is 1.00. The number of thioether (sulfide) groups is 1. The van der Waals surface area contributed by atoms with Crippen LogP contribution in [0.15, 0.2) is 55.6 Å². The van der Waals surface area contributed by atoms with Crippen molar-refractivity contribution in [3.05, 3.63) is 61.2 Å². The molecule has 1 spiro atoms. The number of halogens is 1. The first-order valence-corrected chi connectivity index (χ1v) is 15.6. The van der Waals surface area contributed by atoms with E-state index in [0.717, 1.165) is 5.56 Å². The van der Waals surface area contributed by atoms with E-state index >= 15 is 0 Å². The molecule has 2 bridgehead atoms. The molecule has 3 saturated heterocycles. The summed E-state index contributed by atoms with van der Waals surface area (Å²) in [6, 6.07) is 8.45. The predicted molar refractivity (Wildman–Crippen MR) is 159 cm³/mol. The lowest BCUT2D eigenvalue weighted by Gasteiger charge is -2.41. The van der Waals surface area contributed by atoms with E-state index in [2.05, 4.69) is 29.1 Å². The fourth-order valence-electron chi connectivity index (χ4n) is 6.69. The molecule has 3 heterocycles. The van der Waals surface area contributed by atoms with Crippen LogP contribution in [-0.4, -0.2) is 90.2 Å². The maximum Gasteiger partial charge on any atom is 0.247 e. The van der Waals surface area contributed by atoms with Crippen molar-refractivity contribution >= 4 is 45.4 Å². The van der Waals surface area contributed by atoms with Crippen molar-refractivity contribution in [3.8, 4) is 0 Å². The molecule has 39 heavy (non-hydrogen) atoms. The number of benzene rings is 1. The van der Waals surface area contributed by atoms with Gasteiger partial charge in [-0.1, -0.05) is 65.3 Å². The van der Waals surface area contributed by atoms with Crippen molar-refractivity contribution in [2.24, 2.45) is 11.8 Å². The zero-order chi connectivity index (χ0) is 28.5. The number of likely N-dealkylation sites (tertiary alicyclic amines) is 1. The monoisotopic (exact) mass is 617 g/mol. The molecule has 0 radical (unpaired) electrons. The Balaban J connectivity index is 1.78. The highest BCUT2D eigenvalue weighted by Crippen LogP contribution is 2.68. The van der Waals surface area contributed by atoms with Gasteiger partial charge < -0.3 is 19.8 Å². The first-order valence-electron chi connectivity index (χ1n) is 13.8. The van der Waals surface area contributed by atoms with Gasteiger partial charge in [0, 0.05) is 35.8 Å². The first-order chi connectivity index (χ1) is 18.7. The Morgan fingerprint density at radius 2 is 1.87 bits per heavy atom. The minimum absolute atomic E-state index is 0.0147. The van der Waals surface area contributed by atoms with Crippen molar-refractivity contribution in [1.82, 2.24) is 14.7 Å². The predicted octanol–water partition coefficient (Wildman–Crippen LogP) is 3.86. The average Bonchev–Trinajstić information content (AvgIpc) is 3.51. The standard InChI is InChI=1S/C30H40BrN3O4S/c1-6-14-32(17-20-12-10-9-11-13-20)27(36)23-24-28(37)34(21(8-3)18-35)26(29(38)33(15-7-2)19(4)5)30(24)16-22(31)25(23)39-30/h6-7,9-13,19,21-26,35H,1-2,8,14-18H2,3-5H3/t21-,22?,23-,24-,25-,26?,30?/m0/s1. The summed E-state index contributed by atoms with van der Waals surface area (Å²) in [4.78, 5) is 48.1. The molecule has 3 aliphatic rings. The van der Waals surface area contributed by atoms with E-state index in [0.29, 0.717) is 32.5 Å². The van der Waals surface area contributed by atoms with E-state index < -0.39 is 28.7 Å². The number of hydrogen-bond acceptors (Lipinski definition) is 5. The van der Waals surface area contributed by atoms with E-state index in [9.17, 15) is 19.5 Å². The van der Waals surface area contributed by atoms with Crippen molar-refractivity contribution in [3.63, 3.8) is 0 Å². The van der Waals surface area contributed by atoms with Gasteiger partial charge in [0.15, 0.2) is 0 Å². The maximum atomic E-state index is 14.4. The molecule has 4 rings (SSSR count). The zero-order valence-corrected chi connectivity index (χ0v) is 25.4. The van der Waals surface area contributed by atoms with Crippen LogP contribution < -0.4 is 0 Å². The highest BCUT2D eigenvalue weighted by atomic mass is 79.9. The second kappa shape index (κ2) is 12.2. The van der Waals surface area contributed by atoms with Crippen LogP contribution in [0, 0.1) is 11.8 Å². The van der Waals surface area contributed by atoms with Crippen LogP contribution in [0.25, 0.3) is 0 Å². The highest BCUT2D eigenvalue weighted by molar-refractivity contribution is 9.09. The van der Waals surface area contributed by atoms with Crippen LogP contribution >= 0.6 is 27.7 Å². The molecule has 1 aromatic carbocycles. The van der Waals surface area contributed by atoms with Gasteiger partial charge >= 0.3 is 0 Å². The van der Waals surface area contributed by atoms with Gasteiger partial charge in [0.2, 0.25) is 17.7 Å². The molecule has 0 aromatic heterocycles. The molecular formula is C30H40BrN3O4S. The molecular weight excluding hydrogens is 578 g/mol. The summed E-state index contributed by atoms with van der Waals surface area (Å²) in [5, 5.41) is 10.2. The molecule has 1 N–H and O–H groups in total. The third-order valence-corrected chi connectivity index (χ3v) is 11.7. The van der Waals surface area contributed by atoms with Crippen LogP contribution in [0.5, 0.6) is 0 Å². The number of fused-ring (bicyclic) bond motifs is 1. The van der Waals surface area contributed by atoms with Gasteiger partial charge in [-0.2, -0.15) is 0 Å². The Hall–Kier alpha value is -2.10. The van der Waals surface area contributed by atoms with Gasteiger partial charge in [-0.3, -0.25) is 14.4 Å². The van der Waals surface area contributed by atoms with Crippen LogP contribution in [-0.2, 0) is 20.9 Å². The van der Waals surface area contributed by atoms with Gasteiger partial charge in [-0.05, 0) is 32.3 Å². The quantitative estimate of drug-likeness (QED) is 0.285. The first kappa shape index (κ1) is 29.9. The smallest absolute Gasteiger partial charge is 0.247 e. The number of aliphatic hydroxyl groups is 1. The second-order valence-corrected chi connectivity index (χ2v) is 13.7. The molecule has 3 fully saturated rings. The number of alkyl halides is 1. The van der Waals surface area contributed by atoms with Gasteiger partial charge in [-0.25, -0.2) is 0 Å². The van der Waals surface area contributed by atoms with E-state index in [1.165, 1.54) is 0 Å². The second-order valence-electron chi connectivity index (χ2n) is 11.0. The Labute approximate surface area is 244 Å². The minimum atomic E-state index is -0.760. The Bertz CT molecular complexity index is 1100. The minimum Gasteiger partial charge on any atom is -0.394 e. The molecule has 3 amide bonds. The van der Waals surface area contributed by atoms with E-state index in [1.54, 1.807) is 38.6 Å². The largest absolute Gasteiger partial charge is 0.394 e. The maximum absolute atomic E-state index is 14.4. The van der Waals surface area contributed by atoms with Crippen molar-refractivity contribution in [1.29, 1.82) is 0 Å². The normalized spacial score (nSPS) is 29.8. The van der Waals surface area contributed by atoms with Crippen molar-refractivity contribution in [2.75, 3.05) is 19.7 Å². The van der Waals surface area contributed by atoms with Gasteiger partial charge in [0.1, 0.15) is 6.04 Å². The van der Waals surface area contributed by atoms with Crippen molar-refractivity contribution < 1.29 is 19.5 Å². The van der Waals surface area contributed by atoms with Crippen molar-refractivity contribution in [2.45, 2.75) is 73.1 Å². The number of rotatable bonds is 12. The van der Waals surface area contributed by atoms with Gasteiger partial charge in [0.05, 0.1) is 29.2 Å². The number of hydrogen-bond donors (Lipinski definition) is 1. The van der Waals surface area contributed by atoms with E-state index in [1.807, 2.05) is 51.1 Å². The number of carbonyl (C=O) groups is 3. The van der Waals surface area contributed by atoms with Crippen LogP contribution in [0.2, 0.25) is 0 Å². The topological polar surface area (TPSA) is 81.2 Å². The molecule has 212 valence electrons. The molecule has 0 saturated carbocycles. The lowest BCUT2D eigenvalue weighted by Crippen LogP contribution is -2.58. The lowest BCUT2D eigenvalue weighted by molar-refractivity contribution is -0.147. The fraction of sp³-hybridized carbons (Fsp3) is 0.567. The summed E-state index contributed by atoms with van der Waals surface area (Å²) < 4.78 is -0.753. The molecule has 3 unspecified atom stereocenters. The third-order valence-electron chi connectivity index (χ3n) is 8.43. The van der Waals surface area contributed by atoms with Crippen LogP contribution in [0.4, 0.5) is 0 Å². The average molecular weight is 619 g/mol. The lowest BCUT2D eigenvalue weighted by atomic mass is 9.70. The Morgan fingerprint density at radius 3 is 2.44 bits per heavy atom. The molecule has 7 atom stereocenters.